The van der Waals surface area contributed by atoms with Gasteiger partial charge in [-0.3, -0.25) is 4.79 Å². The first-order valence-electron chi connectivity index (χ1n) is 10.7. The predicted octanol–water partition coefficient (Wildman–Crippen LogP) is 6.11. The van der Waals surface area contributed by atoms with Gasteiger partial charge in [-0.2, -0.15) is 5.26 Å². The summed E-state index contributed by atoms with van der Waals surface area (Å²) in [4.78, 5) is 17.8. The standard InChI is InChI=1S/C27H19ClN4O2S/c1-34-24-11-10-20(28)13-22(24)30-27-31-26(33)25(35-27)12-19-16-32(23-9-5-4-8-21(19)23)15-18-7-3-2-6-17(18)14-29/h2-13,16H,15H2,1H3,(H,30,31,33)/b25-12-. The lowest BCUT2D eigenvalue weighted by Crippen LogP contribution is -2.19. The van der Waals surface area contributed by atoms with Gasteiger partial charge in [0, 0.05) is 34.2 Å². The second kappa shape index (κ2) is 9.71. The third-order valence-corrected chi connectivity index (χ3v) is 6.74. The van der Waals surface area contributed by atoms with Crippen LogP contribution >= 0.6 is 23.4 Å². The van der Waals surface area contributed by atoms with Crippen molar-refractivity contribution in [3.63, 3.8) is 0 Å². The van der Waals surface area contributed by atoms with Crippen molar-refractivity contribution in [3.8, 4) is 11.8 Å². The number of hydrogen-bond acceptors (Lipinski definition) is 5. The molecule has 0 unspecified atom stereocenters. The molecule has 1 aromatic heterocycles. The molecule has 0 bridgehead atoms. The van der Waals surface area contributed by atoms with Crippen molar-refractivity contribution in [2.24, 2.45) is 4.99 Å². The third-order valence-electron chi connectivity index (χ3n) is 5.60. The molecule has 5 rings (SSSR count). The maximum absolute atomic E-state index is 12.7. The summed E-state index contributed by atoms with van der Waals surface area (Å²) >= 11 is 7.37. The molecule has 0 saturated carbocycles. The Morgan fingerprint density at radius 3 is 2.80 bits per heavy atom. The van der Waals surface area contributed by atoms with E-state index >= 15 is 0 Å². The van der Waals surface area contributed by atoms with E-state index in [2.05, 4.69) is 20.9 Å². The predicted molar refractivity (Wildman–Crippen MR) is 141 cm³/mol. The molecular formula is C27H19ClN4O2S. The molecule has 1 fully saturated rings. The van der Waals surface area contributed by atoms with Gasteiger partial charge in [0.05, 0.1) is 23.6 Å². The number of nitrogens with one attached hydrogen (secondary N) is 1. The Morgan fingerprint density at radius 2 is 1.97 bits per heavy atom. The Morgan fingerprint density at radius 1 is 1.17 bits per heavy atom. The molecule has 172 valence electrons. The van der Waals surface area contributed by atoms with Gasteiger partial charge in [0.15, 0.2) is 5.17 Å². The summed E-state index contributed by atoms with van der Waals surface area (Å²) in [7, 11) is 1.56. The molecule has 1 aliphatic rings. The van der Waals surface area contributed by atoms with Crippen LogP contribution < -0.4 is 10.1 Å². The second-order valence-corrected chi connectivity index (χ2v) is 9.26. The summed E-state index contributed by atoms with van der Waals surface area (Å²) in [5, 5.41) is 14.3. The number of ether oxygens (including phenoxy) is 1. The Labute approximate surface area is 211 Å². The van der Waals surface area contributed by atoms with Crippen LogP contribution in [0.15, 0.2) is 82.8 Å². The number of carbonyl (C=O) groups excluding carboxylic acids is 1. The van der Waals surface area contributed by atoms with E-state index in [9.17, 15) is 10.1 Å². The summed E-state index contributed by atoms with van der Waals surface area (Å²) in [5.41, 5.74) is 4.06. The van der Waals surface area contributed by atoms with Crippen molar-refractivity contribution >= 4 is 57.1 Å². The molecule has 8 heteroatoms. The van der Waals surface area contributed by atoms with Crippen LogP contribution in [0.4, 0.5) is 5.69 Å². The Hall–Kier alpha value is -3.99. The van der Waals surface area contributed by atoms with E-state index in [4.69, 9.17) is 16.3 Å². The smallest absolute Gasteiger partial charge is 0.264 e. The molecular weight excluding hydrogens is 480 g/mol. The molecule has 6 nitrogen and oxygen atoms in total. The van der Waals surface area contributed by atoms with E-state index in [1.54, 1.807) is 25.3 Å². The molecule has 4 aromatic rings. The van der Waals surface area contributed by atoms with Gasteiger partial charge in [0.1, 0.15) is 11.4 Å². The molecule has 1 N–H and O–H groups in total. The van der Waals surface area contributed by atoms with E-state index in [-0.39, 0.29) is 5.91 Å². The Kier molecular flexibility index (Phi) is 6.32. The molecule has 2 heterocycles. The highest BCUT2D eigenvalue weighted by Gasteiger charge is 2.25. The number of nitrogens with zero attached hydrogens (tertiary/aromatic N) is 3. The molecule has 35 heavy (non-hydrogen) atoms. The summed E-state index contributed by atoms with van der Waals surface area (Å²) in [6, 6.07) is 23.0. The number of para-hydroxylation sites is 1. The SMILES string of the molecule is COc1ccc(Cl)cc1N=C1NC(=O)/C(=C/c2cn(Cc3ccccc3C#N)c3ccccc23)S1. The highest BCUT2D eigenvalue weighted by atomic mass is 35.5. The van der Waals surface area contributed by atoms with Gasteiger partial charge in [0.25, 0.3) is 5.91 Å². The number of hydrogen-bond donors (Lipinski definition) is 1. The van der Waals surface area contributed by atoms with E-state index in [0.29, 0.717) is 38.6 Å². The number of halogens is 1. The van der Waals surface area contributed by atoms with E-state index < -0.39 is 0 Å². The summed E-state index contributed by atoms with van der Waals surface area (Å²) in [5.74, 6) is 0.344. The lowest BCUT2D eigenvalue weighted by atomic mass is 10.1. The number of aromatic nitrogens is 1. The molecule has 0 spiro atoms. The minimum atomic E-state index is -0.221. The number of nitriles is 1. The number of amides is 1. The molecule has 3 aromatic carbocycles. The maximum atomic E-state index is 12.7. The van der Waals surface area contributed by atoms with Crippen molar-refractivity contribution < 1.29 is 9.53 Å². The summed E-state index contributed by atoms with van der Waals surface area (Å²) < 4.78 is 7.45. The number of aliphatic imine (C=N–C) groups is 1. The normalized spacial score (nSPS) is 15.5. The van der Waals surface area contributed by atoms with Crippen LogP contribution in [0.1, 0.15) is 16.7 Å². The van der Waals surface area contributed by atoms with E-state index in [1.165, 1.54) is 11.8 Å². The fourth-order valence-electron chi connectivity index (χ4n) is 3.95. The van der Waals surface area contributed by atoms with Crippen molar-refractivity contribution in [1.29, 1.82) is 5.26 Å². The molecule has 1 saturated heterocycles. The number of carbonyl (C=O) groups is 1. The number of thioether (sulfide) groups is 1. The van der Waals surface area contributed by atoms with Crippen LogP contribution in [0.5, 0.6) is 5.75 Å². The highest BCUT2D eigenvalue weighted by molar-refractivity contribution is 8.18. The summed E-state index contributed by atoms with van der Waals surface area (Å²) in [6.45, 7) is 0.550. The molecule has 0 radical (unpaired) electrons. The average molecular weight is 499 g/mol. The first kappa shape index (κ1) is 22.8. The van der Waals surface area contributed by atoms with Crippen molar-refractivity contribution in [1.82, 2.24) is 9.88 Å². The van der Waals surface area contributed by atoms with Crippen LogP contribution in [0.2, 0.25) is 5.02 Å². The van der Waals surface area contributed by atoms with Crippen LogP contribution in [-0.2, 0) is 11.3 Å². The molecule has 0 aliphatic carbocycles. The average Bonchev–Trinajstić information content (AvgIpc) is 3.39. The van der Waals surface area contributed by atoms with Gasteiger partial charge in [-0.15, -0.1) is 0 Å². The van der Waals surface area contributed by atoms with Crippen LogP contribution in [0.25, 0.3) is 17.0 Å². The Bertz CT molecular complexity index is 1570. The fourth-order valence-corrected chi connectivity index (χ4v) is 4.95. The number of benzene rings is 3. The van der Waals surface area contributed by atoms with Crippen molar-refractivity contribution in [2.45, 2.75) is 6.54 Å². The van der Waals surface area contributed by atoms with Crippen LogP contribution in [0, 0.1) is 11.3 Å². The van der Waals surface area contributed by atoms with Crippen molar-refractivity contribution in [3.05, 3.63) is 99.5 Å². The largest absolute Gasteiger partial charge is 0.494 e. The van der Waals surface area contributed by atoms with Gasteiger partial charge in [-0.05, 0) is 53.7 Å². The van der Waals surface area contributed by atoms with Crippen molar-refractivity contribution in [2.75, 3.05) is 7.11 Å². The van der Waals surface area contributed by atoms with Crippen LogP contribution in [-0.4, -0.2) is 22.8 Å². The zero-order chi connectivity index (χ0) is 24.4. The molecule has 0 atom stereocenters. The molecule has 1 amide bonds. The van der Waals surface area contributed by atoms with Gasteiger partial charge in [-0.1, -0.05) is 48.0 Å². The van der Waals surface area contributed by atoms with Crippen LogP contribution in [0.3, 0.4) is 0 Å². The Balaban J connectivity index is 1.49. The van der Waals surface area contributed by atoms with Gasteiger partial charge in [0.2, 0.25) is 0 Å². The first-order valence-corrected chi connectivity index (χ1v) is 11.9. The lowest BCUT2D eigenvalue weighted by Gasteiger charge is -2.07. The van der Waals surface area contributed by atoms with Gasteiger partial charge < -0.3 is 14.6 Å². The monoisotopic (exact) mass is 498 g/mol. The second-order valence-electron chi connectivity index (χ2n) is 7.80. The number of methoxy groups -OCH3 is 1. The highest BCUT2D eigenvalue weighted by Crippen LogP contribution is 2.35. The number of amidine groups is 1. The number of rotatable bonds is 5. The quantitative estimate of drug-likeness (QED) is 0.336. The van der Waals surface area contributed by atoms with E-state index in [0.717, 1.165) is 22.0 Å². The fraction of sp³-hybridized carbons (Fsp3) is 0.0741. The zero-order valence-corrected chi connectivity index (χ0v) is 20.2. The third kappa shape index (κ3) is 4.67. The molecule has 1 aliphatic heterocycles. The minimum Gasteiger partial charge on any atom is -0.494 e. The maximum Gasteiger partial charge on any atom is 0.264 e. The lowest BCUT2D eigenvalue weighted by molar-refractivity contribution is -0.115. The zero-order valence-electron chi connectivity index (χ0n) is 18.7. The van der Waals surface area contributed by atoms with E-state index in [1.807, 2.05) is 60.8 Å². The van der Waals surface area contributed by atoms with Gasteiger partial charge >= 0.3 is 0 Å². The topological polar surface area (TPSA) is 79.4 Å². The minimum absolute atomic E-state index is 0.221. The van der Waals surface area contributed by atoms with Gasteiger partial charge in [-0.25, -0.2) is 4.99 Å². The summed E-state index contributed by atoms with van der Waals surface area (Å²) in [6.07, 6.45) is 3.88. The number of fused-ring (bicyclic) bond motifs is 1. The first-order chi connectivity index (χ1) is 17.1.